The highest BCUT2D eigenvalue weighted by Crippen LogP contribution is 2.51. The summed E-state index contributed by atoms with van der Waals surface area (Å²) in [4.78, 5) is 65.4. The zero-order valence-corrected chi connectivity index (χ0v) is 37.5. The molecule has 12 unspecified atom stereocenters. The number of esters is 5. The second kappa shape index (κ2) is 18.8. The van der Waals surface area contributed by atoms with Gasteiger partial charge < -0.3 is 58.3 Å². The fourth-order valence-corrected chi connectivity index (χ4v) is 8.66. The zero-order chi connectivity index (χ0) is 46.2. The van der Waals surface area contributed by atoms with E-state index in [1.165, 1.54) is 20.1 Å². The number of ether oxygens (including phenoxy) is 8. The molecular formula is C45H66O17. The Balaban J connectivity index is 1.63. The van der Waals surface area contributed by atoms with Gasteiger partial charge in [0.05, 0.1) is 54.9 Å². The third-order valence-corrected chi connectivity index (χ3v) is 12.6. The first kappa shape index (κ1) is 49.3. The van der Waals surface area contributed by atoms with Gasteiger partial charge in [0.15, 0.2) is 18.0 Å². The minimum atomic E-state index is -2.42. The van der Waals surface area contributed by atoms with Gasteiger partial charge >= 0.3 is 29.8 Å². The second-order valence-electron chi connectivity index (χ2n) is 19.5. The smallest absolute Gasteiger partial charge is 0.331 e. The molecule has 17 heteroatoms. The topological polar surface area (TPSA) is 240 Å². The molecule has 0 spiro atoms. The number of carbonyl (C=O) groups excluding carboxylic acids is 5. The first-order valence-corrected chi connectivity index (χ1v) is 21.5. The molecule has 3 fully saturated rings. The van der Waals surface area contributed by atoms with Gasteiger partial charge in [-0.05, 0) is 47.0 Å². The molecular weight excluding hydrogens is 812 g/mol. The van der Waals surface area contributed by atoms with E-state index in [1.54, 1.807) is 67.5 Å². The fraction of sp³-hybridized carbons (Fsp3) is 0.756. The molecule has 348 valence electrons. The molecule has 5 rings (SSSR count). The summed E-state index contributed by atoms with van der Waals surface area (Å²) >= 11 is 0. The predicted octanol–water partition coefficient (Wildman–Crippen LogP) is 3.56. The quantitative estimate of drug-likeness (QED) is 0.129. The van der Waals surface area contributed by atoms with Crippen LogP contribution in [0.1, 0.15) is 120 Å². The van der Waals surface area contributed by atoms with E-state index in [0.717, 1.165) is 6.08 Å². The lowest BCUT2D eigenvalue weighted by atomic mass is 9.70. The van der Waals surface area contributed by atoms with Crippen molar-refractivity contribution in [2.75, 3.05) is 7.11 Å². The summed E-state index contributed by atoms with van der Waals surface area (Å²) in [6.07, 6.45) is -6.22. The van der Waals surface area contributed by atoms with Gasteiger partial charge in [0.1, 0.15) is 18.3 Å². The molecule has 0 saturated carbocycles. The van der Waals surface area contributed by atoms with Crippen molar-refractivity contribution in [3.8, 4) is 0 Å². The van der Waals surface area contributed by atoms with Crippen LogP contribution in [0, 0.1) is 16.2 Å². The normalized spacial score (nSPS) is 37.9. The Morgan fingerprint density at radius 2 is 1.66 bits per heavy atom. The standard InChI is InChI=1S/C45H66O17/c1-11-12-34(48)60-39-30-21-37(51)59-38(30)32-22-31(24(2)46)57-36(50)19-26(47)18-28-20-33(58-40(52)41(3,4)5)43(8,9)44(53,61-28)23-29-16-25(17-35(49)55-10)15-27(56-29)13-14-42(6,7)45(39,54)62-32/h13-14,17,21,24,26-29,31-33,38-39,46-47,53-54H,11-12,15-16,18-20,22-23H2,1-10H3/b14-13-,25-17+. The van der Waals surface area contributed by atoms with E-state index in [1.807, 2.05) is 0 Å². The zero-order valence-electron chi connectivity index (χ0n) is 37.5. The Kier molecular flexibility index (Phi) is 14.9. The Morgan fingerprint density at radius 3 is 2.29 bits per heavy atom. The molecule has 3 saturated heterocycles. The lowest BCUT2D eigenvalue weighted by Crippen LogP contribution is -2.65. The first-order valence-electron chi connectivity index (χ1n) is 21.5. The van der Waals surface area contributed by atoms with Crippen molar-refractivity contribution in [2.45, 2.75) is 193 Å². The van der Waals surface area contributed by atoms with Gasteiger partial charge in [-0.25, -0.2) is 9.59 Å². The number of hydrogen-bond donors (Lipinski definition) is 4. The predicted molar refractivity (Wildman–Crippen MR) is 217 cm³/mol. The number of methoxy groups -OCH3 is 1. The number of fused-ring (bicyclic) bond motifs is 8. The molecule has 5 aliphatic rings. The van der Waals surface area contributed by atoms with Gasteiger partial charge in [-0.15, -0.1) is 0 Å². The van der Waals surface area contributed by atoms with Crippen molar-refractivity contribution < 1.29 is 82.3 Å². The van der Waals surface area contributed by atoms with E-state index < -0.39 is 125 Å². The molecule has 12 atom stereocenters. The Bertz CT molecular complexity index is 1790. The number of carbonyl (C=O) groups is 5. The molecule has 0 amide bonds. The second-order valence-corrected chi connectivity index (χ2v) is 19.5. The van der Waals surface area contributed by atoms with Gasteiger partial charge in [0.2, 0.25) is 5.79 Å². The number of aliphatic hydroxyl groups is 4. The fourth-order valence-electron chi connectivity index (χ4n) is 8.66. The summed E-state index contributed by atoms with van der Waals surface area (Å²) in [5.41, 5.74) is -2.92. The molecule has 0 aromatic heterocycles. The van der Waals surface area contributed by atoms with Crippen molar-refractivity contribution in [3.05, 3.63) is 35.5 Å². The molecule has 0 aromatic rings. The monoisotopic (exact) mass is 878 g/mol. The van der Waals surface area contributed by atoms with Gasteiger partial charge in [0.25, 0.3) is 0 Å². The van der Waals surface area contributed by atoms with Crippen LogP contribution in [0.15, 0.2) is 35.5 Å². The van der Waals surface area contributed by atoms with Crippen LogP contribution in [0.5, 0.6) is 0 Å². The van der Waals surface area contributed by atoms with E-state index in [9.17, 15) is 44.4 Å². The molecule has 17 nitrogen and oxygen atoms in total. The van der Waals surface area contributed by atoms with Gasteiger partial charge in [-0.1, -0.05) is 52.3 Å². The summed E-state index contributed by atoms with van der Waals surface area (Å²) in [6.45, 7) is 14.9. The number of cyclic esters (lactones) is 1. The lowest BCUT2D eigenvalue weighted by Gasteiger charge is -2.54. The van der Waals surface area contributed by atoms with E-state index in [0.29, 0.717) is 12.0 Å². The maximum atomic E-state index is 13.5. The summed E-state index contributed by atoms with van der Waals surface area (Å²) in [6, 6.07) is 0. The molecule has 5 aliphatic heterocycles. The van der Waals surface area contributed by atoms with E-state index in [2.05, 4.69) is 0 Å². The third-order valence-electron chi connectivity index (χ3n) is 12.6. The highest BCUT2D eigenvalue weighted by Gasteiger charge is 2.63. The van der Waals surface area contributed by atoms with Crippen LogP contribution in [-0.2, 0) is 61.9 Å². The lowest BCUT2D eigenvalue weighted by molar-refractivity contribution is -0.349. The minimum absolute atomic E-state index is 0.00901. The van der Waals surface area contributed by atoms with Crippen LogP contribution in [0.4, 0.5) is 0 Å². The van der Waals surface area contributed by atoms with Gasteiger partial charge in [0, 0.05) is 55.2 Å². The van der Waals surface area contributed by atoms with Crippen LogP contribution in [-0.4, -0.2) is 130 Å². The Morgan fingerprint density at radius 1 is 0.968 bits per heavy atom. The number of rotatable bonds is 6. The van der Waals surface area contributed by atoms with Crippen molar-refractivity contribution in [1.82, 2.24) is 0 Å². The van der Waals surface area contributed by atoms with Crippen molar-refractivity contribution in [3.63, 3.8) is 0 Å². The summed E-state index contributed by atoms with van der Waals surface area (Å²) < 4.78 is 47.7. The van der Waals surface area contributed by atoms with Crippen LogP contribution in [0.2, 0.25) is 0 Å². The maximum absolute atomic E-state index is 13.5. The molecule has 0 aliphatic carbocycles. The third kappa shape index (κ3) is 10.8. The van der Waals surface area contributed by atoms with Gasteiger partial charge in [-0.3, -0.25) is 14.4 Å². The van der Waals surface area contributed by atoms with E-state index >= 15 is 0 Å². The molecule has 4 N–H and O–H groups in total. The van der Waals surface area contributed by atoms with Crippen molar-refractivity contribution in [2.24, 2.45) is 16.2 Å². The highest BCUT2D eigenvalue weighted by atomic mass is 16.7. The van der Waals surface area contributed by atoms with Crippen LogP contribution in [0.25, 0.3) is 0 Å². The largest absolute Gasteiger partial charge is 0.466 e. The molecule has 62 heavy (non-hydrogen) atoms. The van der Waals surface area contributed by atoms with E-state index in [-0.39, 0.29) is 50.5 Å². The molecule has 0 aromatic carbocycles. The summed E-state index contributed by atoms with van der Waals surface area (Å²) in [5.74, 6) is -7.99. The van der Waals surface area contributed by atoms with Crippen molar-refractivity contribution in [1.29, 1.82) is 0 Å². The van der Waals surface area contributed by atoms with Crippen LogP contribution in [0.3, 0.4) is 0 Å². The Hall–Kier alpha value is -3.71. The van der Waals surface area contributed by atoms with Crippen LogP contribution < -0.4 is 0 Å². The van der Waals surface area contributed by atoms with Crippen LogP contribution >= 0.6 is 0 Å². The van der Waals surface area contributed by atoms with Gasteiger partial charge in [-0.2, -0.15) is 0 Å². The average Bonchev–Trinajstić information content (AvgIpc) is 3.54. The highest BCUT2D eigenvalue weighted by molar-refractivity contribution is 5.87. The minimum Gasteiger partial charge on any atom is -0.466 e. The summed E-state index contributed by atoms with van der Waals surface area (Å²) in [5, 5.41) is 47.6. The SMILES string of the molecule is CCCC(=O)OC1C2=CC(=O)OC2C2CC(C(C)O)OC(=O)CC(O)CC3CC(OC(=O)C(C)(C)C)C(C)(C)C(O)(CC4C/C(=C/C(=O)OC)CC(/C=C\C(C)(C)C1(O)O2)O4)O3. The number of hydrogen-bond acceptors (Lipinski definition) is 17. The van der Waals surface area contributed by atoms with E-state index in [4.69, 9.17) is 37.9 Å². The first-order chi connectivity index (χ1) is 28.7. The Labute approximate surface area is 363 Å². The molecule has 5 heterocycles. The molecule has 6 bridgehead atoms. The molecule has 0 radical (unpaired) electrons. The number of aliphatic hydroxyl groups excluding tert-OH is 2. The summed E-state index contributed by atoms with van der Waals surface area (Å²) in [7, 11) is 1.25. The van der Waals surface area contributed by atoms with Crippen molar-refractivity contribution >= 4 is 29.8 Å². The maximum Gasteiger partial charge on any atom is 0.331 e. The average molecular weight is 879 g/mol.